The molecule has 6 nitrogen and oxygen atoms in total. The Hall–Kier alpha value is -1.66. The number of aryl methyl sites for hydroxylation is 1. The van der Waals surface area contributed by atoms with Crippen molar-refractivity contribution in [3.8, 4) is 0 Å². The van der Waals surface area contributed by atoms with Crippen LogP contribution in [0, 0.1) is 0 Å². The van der Waals surface area contributed by atoms with Gasteiger partial charge in [-0.15, -0.1) is 0 Å². The summed E-state index contributed by atoms with van der Waals surface area (Å²) in [5, 5.41) is 13.2. The van der Waals surface area contributed by atoms with Gasteiger partial charge in [-0.1, -0.05) is 0 Å². The number of aliphatic hydroxyl groups excluding tert-OH is 1. The summed E-state index contributed by atoms with van der Waals surface area (Å²) < 4.78 is 7.20. The quantitative estimate of drug-likeness (QED) is 0.784. The number of ether oxygens (including phenoxy) is 1. The molecular weight excluding hydrogens is 246 g/mol. The van der Waals surface area contributed by atoms with E-state index in [1.54, 1.807) is 21.9 Å². The first-order valence-electron chi connectivity index (χ1n) is 6.31. The molecule has 6 heteroatoms. The van der Waals surface area contributed by atoms with Crippen molar-refractivity contribution in [2.75, 3.05) is 19.7 Å². The van der Waals surface area contributed by atoms with Crippen LogP contribution in [0.1, 0.15) is 12.6 Å². The maximum Gasteiger partial charge on any atom is 0.246 e. The second kappa shape index (κ2) is 5.99. The Morgan fingerprint density at radius 1 is 1.63 bits per heavy atom. The Balaban J connectivity index is 1.99. The summed E-state index contributed by atoms with van der Waals surface area (Å²) in [5.74, 6) is -0.0743. The Bertz CT molecular complexity index is 469. The molecule has 1 saturated heterocycles. The lowest BCUT2D eigenvalue weighted by molar-refractivity contribution is -0.142. The number of carbonyl (C=O) groups excluding carboxylic acids is 1. The first kappa shape index (κ1) is 13.8. The number of rotatable bonds is 3. The highest BCUT2D eigenvalue weighted by atomic mass is 16.5. The van der Waals surface area contributed by atoms with Crippen LogP contribution in [0.4, 0.5) is 0 Å². The Labute approximate surface area is 112 Å². The molecular formula is C13H19N3O3. The second-order valence-electron chi connectivity index (χ2n) is 4.71. The van der Waals surface area contributed by atoms with Crippen LogP contribution in [0.3, 0.4) is 0 Å². The van der Waals surface area contributed by atoms with Gasteiger partial charge >= 0.3 is 0 Å². The average Bonchev–Trinajstić information content (AvgIpc) is 2.80. The van der Waals surface area contributed by atoms with Gasteiger partial charge < -0.3 is 14.7 Å². The third-order valence-electron chi connectivity index (χ3n) is 3.10. The van der Waals surface area contributed by atoms with E-state index >= 15 is 0 Å². The monoisotopic (exact) mass is 265 g/mol. The highest BCUT2D eigenvalue weighted by molar-refractivity contribution is 5.91. The number of amides is 1. The minimum atomic E-state index is -0.294. The van der Waals surface area contributed by atoms with Crippen molar-refractivity contribution in [2.45, 2.75) is 19.1 Å². The summed E-state index contributed by atoms with van der Waals surface area (Å²) in [7, 11) is 1.82. The number of carbonyl (C=O) groups is 1. The van der Waals surface area contributed by atoms with Crippen LogP contribution >= 0.6 is 0 Å². The molecule has 0 radical (unpaired) electrons. The van der Waals surface area contributed by atoms with Gasteiger partial charge in [0, 0.05) is 32.4 Å². The van der Waals surface area contributed by atoms with Crippen LogP contribution in [0.15, 0.2) is 18.3 Å². The number of nitrogens with zero attached hydrogens (tertiary/aromatic N) is 3. The van der Waals surface area contributed by atoms with E-state index in [-0.39, 0.29) is 24.7 Å². The lowest BCUT2D eigenvalue weighted by Gasteiger charge is -2.35. The van der Waals surface area contributed by atoms with Gasteiger partial charge in [0.2, 0.25) is 5.91 Å². The summed E-state index contributed by atoms with van der Waals surface area (Å²) in [4.78, 5) is 13.8. The van der Waals surface area contributed by atoms with Crippen molar-refractivity contribution >= 4 is 12.0 Å². The largest absolute Gasteiger partial charge is 0.394 e. The van der Waals surface area contributed by atoms with Gasteiger partial charge in [-0.25, -0.2) is 0 Å². The summed E-state index contributed by atoms with van der Waals surface area (Å²) >= 11 is 0. The molecule has 0 bridgehead atoms. The predicted molar refractivity (Wildman–Crippen MR) is 70.2 cm³/mol. The van der Waals surface area contributed by atoms with Crippen molar-refractivity contribution in [3.63, 3.8) is 0 Å². The molecule has 2 heterocycles. The van der Waals surface area contributed by atoms with Crippen molar-refractivity contribution < 1.29 is 14.6 Å². The van der Waals surface area contributed by atoms with Gasteiger partial charge in [0.25, 0.3) is 0 Å². The van der Waals surface area contributed by atoms with Crippen LogP contribution in [-0.4, -0.2) is 57.6 Å². The van der Waals surface area contributed by atoms with E-state index in [1.165, 1.54) is 6.08 Å². The van der Waals surface area contributed by atoms with E-state index < -0.39 is 0 Å². The number of hydrogen-bond donors (Lipinski definition) is 1. The fraction of sp³-hybridized carbons (Fsp3) is 0.538. The van der Waals surface area contributed by atoms with E-state index in [2.05, 4.69) is 5.10 Å². The normalized spacial score (nSPS) is 24.1. The standard InChI is InChI=1S/C13H19N3O3/c1-10-7-16(8-12(9-17)19-10)13(18)4-3-11-5-6-14-15(11)2/h3-6,10,12,17H,7-9H2,1-2H3/b4-3+. The van der Waals surface area contributed by atoms with Crippen LogP contribution in [0.25, 0.3) is 6.08 Å². The fourth-order valence-corrected chi connectivity index (χ4v) is 2.14. The minimum Gasteiger partial charge on any atom is -0.394 e. The molecule has 0 spiro atoms. The second-order valence-corrected chi connectivity index (χ2v) is 4.71. The lowest BCUT2D eigenvalue weighted by atomic mass is 10.2. The van der Waals surface area contributed by atoms with Crippen LogP contribution < -0.4 is 0 Å². The van der Waals surface area contributed by atoms with Gasteiger partial charge in [-0.2, -0.15) is 5.10 Å². The third-order valence-corrected chi connectivity index (χ3v) is 3.10. The molecule has 0 saturated carbocycles. The van der Waals surface area contributed by atoms with Crippen molar-refractivity contribution in [1.82, 2.24) is 14.7 Å². The Morgan fingerprint density at radius 2 is 2.42 bits per heavy atom. The van der Waals surface area contributed by atoms with E-state index in [1.807, 2.05) is 20.0 Å². The molecule has 2 rings (SSSR count). The zero-order chi connectivity index (χ0) is 13.8. The number of aromatic nitrogens is 2. The zero-order valence-corrected chi connectivity index (χ0v) is 11.2. The third kappa shape index (κ3) is 3.42. The summed E-state index contributed by atoms with van der Waals surface area (Å²) in [5.41, 5.74) is 0.869. The van der Waals surface area contributed by atoms with E-state index in [4.69, 9.17) is 9.84 Å². The van der Waals surface area contributed by atoms with Gasteiger partial charge in [0.15, 0.2) is 0 Å². The predicted octanol–water partition coefficient (Wildman–Crippen LogP) is 0.0415. The maximum absolute atomic E-state index is 12.1. The summed E-state index contributed by atoms with van der Waals surface area (Å²) in [6.45, 7) is 2.80. The molecule has 104 valence electrons. The highest BCUT2D eigenvalue weighted by Crippen LogP contribution is 2.11. The first-order valence-corrected chi connectivity index (χ1v) is 6.31. The molecule has 1 aliphatic heterocycles. The fourth-order valence-electron chi connectivity index (χ4n) is 2.14. The average molecular weight is 265 g/mol. The van der Waals surface area contributed by atoms with E-state index in [0.29, 0.717) is 13.1 Å². The lowest BCUT2D eigenvalue weighted by Crippen LogP contribution is -2.49. The van der Waals surface area contributed by atoms with Gasteiger partial charge in [-0.3, -0.25) is 9.48 Å². The molecule has 1 aromatic heterocycles. The number of morpholine rings is 1. The van der Waals surface area contributed by atoms with E-state index in [9.17, 15) is 4.79 Å². The van der Waals surface area contributed by atoms with Gasteiger partial charge in [0.05, 0.1) is 24.5 Å². The smallest absolute Gasteiger partial charge is 0.246 e. The molecule has 1 N–H and O–H groups in total. The van der Waals surface area contributed by atoms with Gasteiger partial charge in [-0.05, 0) is 19.1 Å². The van der Waals surface area contributed by atoms with Crippen molar-refractivity contribution in [1.29, 1.82) is 0 Å². The Kier molecular flexibility index (Phi) is 4.34. The molecule has 1 aliphatic rings. The van der Waals surface area contributed by atoms with Crippen LogP contribution in [0.5, 0.6) is 0 Å². The molecule has 1 fully saturated rings. The molecule has 19 heavy (non-hydrogen) atoms. The topological polar surface area (TPSA) is 67.6 Å². The molecule has 2 atom stereocenters. The van der Waals surface area contributed by atoms with Crippen molar-refractivity contribution in [3.05, 3.63) is 24.0 Å². The molecule has 2 unspecified atom stereocenters. The van der Waals surface area contributed by atoms with Crippen LogP contribution in [0.2, 0.25) is 0 Å². The molecule has 0 aliphatic carbocycles. The first-order chi connectivity index (χ1) is 9.10. The molecule has 0 aromatic carbocycles. The number of aliphatic hydroxyl groups is 1. The van der Waals surface area contributed by atoms with Crippen molar-refractivity contribution in [2.24, 2.45) is 7.05 Å². The van der Waals surface area contributed by atoms with Gasteiger partial charge in [0.1, 0.15) is 0 Å². The van der Waals surface area contributed by atoms with Crippen LogP contribution in [-0.2, 0) is 16.6 Å². The zero-order valence-electron chi connectivity index (χ0n) is 11.2. The summed E-state index contributed by atoms with van der Waals surface area (Å²) in [6.07, 6.45) is 4.60. The number of hydrogen-bond acceptors (Lipinski definition) is 4. The molecule has 1 amide bonds. The Morgan fingerprint density at radius 3 is 3.05 bits per heavy atom. The summed E-state index contributed by atoms with van der Waals surface area (Å²) in [6, 6.07) is 1.84. The van der Waals surface area contributed by atoms with E-state index in [0.717, 1.165) is 5.69 Å². The maximum atomic E-state index is 12.1. The molecule has 1 aromatic rings. The SMILES string of the molecule is CC1CN(C(=O)/C=C/c2ccnn2C)CC(CO)O1. The minimum absolute atomic E-state index is 0.0556. The highest BCUT2D eigenvalue weighted by Gasteiger charge is 2.26.